The van der Waals surface area contributed by atoms with Gasteiger partial charge in [-0.3, -0.25) is 0 Å². The van der Waals surface area contributed by atoms with Crippen molar-refractivity contribution in [2.45, 2.75) is 58.1 Å². The molecule has 3 heterocycles. The van der Waals surface area contributed by atoms with Crippen LogP contribution in [0.15, 0.2) is 6.33 Å². The highest BCUT2D eigenvalue weighted by Crippen LogP contribution is 2.39. The Morgan fingerprint density at radius 2 is 2.12 bits per heavy atom. The normalized spacial score (nSPS) is 18.0. The van der Waals surface area contributed by atoms with Gasteiger partial charge in [-0.1, -0.05) is 0 Å². The summed E-state index contributed by atoms with van der Waals surface area (Å²) in [6.07, 6.45) is 6.75. The van der Waals surface area contributed by atoms with Crippen molar-refractivity contribution in [1.82, 2.24) is 14.9 Å². The van der Waals surface area contributed by atoms with Crippen LogP contribution >= 0.6 is 11.3 Å². The number of rotatable bonds is 3. The maximum atomic E-state index is 12.0. The first-order chi connectivity index (χ1) is 12.1. The van der Waals surface area contributed by atoms with Crippen LogP contribution in [0.2, 0.25) is 0 Å². The molecule has 7 heteroatoms. The molecule has 1 aliphatic carbocycles. The lowest BCUT2D eigenvalue weighted by molar-refractivity contribution is 0.0701. The number of carbonyl (C=O) groups is 1. The first-order valence-corrected chi connectivity index (χ1v) is 9.91. The van der Waals surface area contributed by atoms with Crippen molar-refractivity contribution in [2.24, 2.45) is 0 Å². The molecule has 0 saturated carbocycles. The van der Waals surface area contributed by atoms with E-state index in [9.17, 15) is 4.79 Å². The third kappa shape index (κ3) is 3.29. The van der Waals surface area contributed by atoms with Crippen LogP contribution in [0.5, 0.6) is 0 Å². The summed E-state index contributed by atoms with van der Waals surface area (Å²) in [5, 5.41) is 4.84. The first-order valence-electron chi connectivity index (χ1n) is 9.09. The molecule has 134 valence electrons. The molecule has 1 fully saturated rings. The topological polar surface area (TPSA) is 67.3 Å². The second-order valence-corrected chi connectivity index (χ2v) is 8.18. The van der Waals surface area contributed by atoms with Gasteiger partial charge in [0.1, 0.15) is 17.0 Å². The molecule has 2 aromatic heterocycles. The Labute approximate surface area is 151 Å². The maximum Gasteiger partial charge on any atom is 0.410 e. The Kier molecular flexibility index (Phi) is 4.50. The van der Waals surface area contributed by atoms with Crippen LogP contribution in [0, 0.1) is 0 Å². The number of hydrogen-bond donors (Lipinski definition) is 1. The van der Waals surface area contributed by atoms with E-state index in [-0.39, 0.29) is 12.2 Å². The smallest absolute Gasteiger partial charge is 0.410 e. The van der Waals surface area contributed by atoms with Crippen molar-refractivity contribution < 1.29 is 9.53 Å². The predicted molar refractivity (Wildman–Crippen MR) is 99.3 cm³/mol. The molecule has 1 amide bonds. The Balaban J connectivity index is 1.44. The highest BCUT2D eigenvalue weighted by Gasteiger charge is 2.26. The number of hydrogen-bond acceptors (Lipinski definition) is 6. The lowest BCUT2D eigenvalue weighted by Crippen LogP contribution is -2.43. The second kappa shape index (κ2) is 6.78. The number of anilines is 1. The molecule has 0 radical (unpaired) electrons. The molecular weight excluding hydrogens is 336 g/mol. The Morgan fingerprint density at radius 3 is 2.88 bits per heavy atom. The first kappa shape index (κ1) is 16.6. The highest BCUT2D eigenvalue weighted by molar-refractivity contribution is 7.19. The molecule has 4 rings (SSSR count). The van der Waals surface area contributed by atoms with Gasteiger partial charge in [0, 0.05) is 24.0 Å². The molecule has 25 heavy (non-hydrogen) atoms. The molecule has 0 atom stereocenters. The van der Waals surface area contributed by atoms with Crippen molar-refractivity contribution in [2.75, 3.05) is 18.4 Å². The largest absolute Gasteiger partial charge is 0.447 e. The number of ether oxygens (including phenoxy) is 1. The molecule has 0 spiro atoms. The number of piperidine rings is 1. The van der Waals surface area contributed by atoms with Gasteiger partial charge in [0.2, 0.25) is 0 Å². The summed E-state index contributed by atoms with van der Waals surface area (Å²) in [7, 11) is 0. The summed E-state index contributed by atoms with van der Waals surface area (Å²) >= 11 is 1.81. The number of thiophene rings is 1. The van der Waals surface area contributed by atoms with E-state index in [0.717, 1.165) is 43.0 Å². The number of aromatic nitrogens is 2. The number of likely N-dealkylation sites (tertiary alicyclic amines) is 1. The summed E-state index contributed by atoms with van der Waals surface area (Å²) in [6, 6.07) is 0.332. The van der Waals surface area contributed by atoms with Crippen LogP contribution < -0.4 is 5.32 Å². The van der Waals surface area contributed by atoms with E-state index in [4.69, 9.17) is 4.74 Å². The summed E-state index contributed by atoms with van der Waals surface area (Å²) in [5.74, 6) is 0.965. The molecular formula is C18H24N4O2S. The molecule has 1 saturated heterocycles. The lowest BCUT2D eigenvalue weighted by Gasteiger charge is -2.32. The van der Waals surface area contributed by atoms with Gasteiger partial charge < -0.3 is 15.0 Å². The van der Waals surface area contributed by atoms with Crippen molar-refractivity contribution in [3.63, 3.8) is 0 Å². The Bertz CT molecular complexity index is 781. The highest BCUT2D eigenvalue weighted by atomic mass is 32.1. The molecule has 6 nitrogen and oxygen atoms in total. The van der Waals surface area contributed by atoms with Gasteiger partial charge in [0.25, 0.3) is 0 Å². The van der Waals surface area contributed by atoms with Gasteiger partial charge in [-0.05, 0) is 51.5 Å². The predicted octanol–water partition coefficient (Wildman–Crippen LogP) is 3.60. The van der Waals surface area contributed by atoms with Crippen molar-refractivity contribution in [1.29, 1.82) is 0 Å². The zero-order valence-electron chi connectivity index (χ0n) is 14.7. The Morgan fingerprint density at radius 1 is 1.32 bits per heavy atom. The van der Waals surface area contributed by atoms with Crippen molar-refractivity contribution in [3.8, 4) is 0 Å². The fourth-order valence-corrected chi connectivity index (χ4v) is 4.94. The summed E-state index contributed by atoms with van der Waals surface area (Å²) in [6.45, 7) is 5.20. The average Bonchev–Trinajstić information content (AvgIpc) is 3.16. The monoisotopic (exact) mass is 360 g/mol. The van der Waals surface area contributed by atoms with Gasteiger partial charge in [0.05, 0.1) is 11.5 Å². The van der Waals surface area contributed by atoms with Gasteiger partial charge in [0.15, 0.2) is 0 Å². The lowest BCUT2D eigenvalue weighted by atomic mass is 10.0. The number of carbonyl (C=O) groups excluding carboxylic acids is 1. The quantitative estimate of drug-likeness (QED) is 0.906. The minimum Gasteiger partial charge on any atom is -0.447 e. The van der Waals surface area contributed by atoms with Gasteiger partial charge in [-0.2, -0.15) is 0 Å². The molecule has 0 aromatic carbocycles. The summed E-state index contributed by atoms with van der Waals surface area (Å²) in [4.78, 5) is 25.4. The molecule has 2 aliphatic rings. The summed E-state index contributed by atoms with van der Waals surface area (Å²) < 4.78 is 5.29. The van der Waals surface area contributed by atoms with E-state index >= 15 is 0 Å². The van der Waals surface area contributed by atoms with Crippen LogP contribution in [-0.4, -0.2) is 46.2 Å². The third-order valence-electron chi connectivity index (χ3n) is 4.93. The van der Waals surface area contributed by atoms with Crippen LogP contribution in [0.25, 0.3) is 10.2 Å². The number of aryl methyl sites for hydroxylation is 2. The standard InChI is InChI=1S/C18H24N4O2S/c1-11(2)24-18(23)22-8-6-12(7-9-22)21-16-15-13-4-3-5-14(13)25-17(15)20-10-19-16/h10-12H,3-9H2,1-2H3,(H,19,20,21). The molecule has 0 bridgehead atoms. The zero-order chi connectivity index (χ0) is 17.4. The Hall–Kier alpha value is -1.89. The van der Waals surface area contributed by atoms with E-state index in [2.05, 4.69) is 15.3 Å². The SMILES string of the molecule is CC(C)OC(=O)N1CCC(Nc2ncnc3sc4c(c23)CCC4)CC1. The van der Waals surface area contributed by atoms with Crippen LogP contribution in [-0.2, 0) is 17.6 Å². The van der Waals surface area contributed by atoms with Crippen molar-refractivity contribution >= 4 is 33.5 Å². The zero-order valence-corrected chi connectivity index (χ0v) is 15.6. The van der Waals surface area contributed by atoms with Crippen LogP contribution in [0.1, 0.15) is 43.6 Å². The molecule has 0 unspecified atom stereocenters. The van der Waals surface area contributed by atoms with E-state index in [1.165, 1.54) is 28.7 Å². The maximum absolute atomic E-state index is 12.0. The number of amides is 1. The van der Waals surface area contributed by atoms with Crippen LogP contribution in [0.3, 0.4) is 0 Å². The van der Waals surface area contributed by atoms with Gasteiger partial charge >= 0.3 is 6.09 Å². The van der Waals surface area contributed by atoms with E-state index in [0.29, 0.717) is 6.04 Å². The summed E-state index contributed by atoms with van der Waals surface area (Å²) in [5.41, 5.74) is 1.45. The second-order valence-electron chi connectivity index (χ2n) is 7.10. The minimum absolute atomic E-state index is 0.0710. The molecule has 1 aliphatic heterocycles. The van der Waals surface area contributed by atoms with Gasteiger partial charge in [-0.15, -0.1) is 11.3 Å². The number of nitrogens with one attached hydrogen (secondary N) is 1. The minimum atomic E-state index is -0.200. The van der Waals surface area contributed by atoms with Crippen molar-refractivity contribution in [3.05, 3.63) is 16.8 Å². The molecule has 2 aromatic rings. The number of fused-ring (bicyclic) bond motifs is 3. The third-order valence-corrected chi connectivity index (χ3v) is 6.13. The van der Waals surface area contributed by atoms with E-state index < -0.39 is 0 Å². The van der Waals surface area contributed by atoms with Crippen LogP contribution in [0.4, 0.5) is 10.6 Å². The fourth-order valence-electron chi connectivity index (χ4n) is 3.71. The van der Waals surface area contributed by atoms with E-state index in [1.54, 1.807) is 11.2 Å². The average molecular weight is 360 g/mol. The molecule has 1 N–H and O–H groups in total. The number of nitrogens with zero attached hydrogens (tertiary/aromatic N) is 3. The fraction of sp³-hybridized carbons (Fsp3) is 0.611. The van der Waals surface area contributed by atoms with Gasteiger partial charge in [-0.25, -0.2) is 14.8 Å². The van der Waals surface area contributed by atoms with E-state index in [1.807, 2.05) is 25.2 Å².